The second-order valence-electron chi connectivity index (χ2n) is 11.4. The van der Waals surface area contributed by atoms with Crippen LogP contribution in [-0.2, 0) is 9.47 Å². The van der Waals surface area contributed by atoms with Gasteiger partial charge in [-0.1, -0.05) is 38.8 Å². The minimum Gasteiger partial charge on any atom is -0.392 e. The molecule has 1 aliphatic heterocycles. The molecule has 3 aliphatic rings. The van der Waals surface area contributed by atoms with Gasteiger partial charge in [0.2, 0.25) is 0 Å². The molecule has 31 heavy (non-hydrogen) atoms. The highest BCUT2D eigenvalue weighted by Crippen LogP contribution is 2.64. The Kier molecular flexibility index (Phi) is 7.62. The van der Waals surface area contributed by atoms with E-state index in [9.17, 15) is 20.4 Å². The molecule has 180 valence electrons. The Labute approximate surface area is 187 Å². The number of hydrogen-bond acceptors (Lipinski definition) is 6. The van der Waals surface area contributed by atoms with Crippen LogP contribution in [0.5, 0.6) is 0 Å². The predicted molar refractivity (Wildman–Crippen MR) is 119 cm³/mol. The zero-order chi connectivity index (χ0) is 23.0. The van der Waals surface area contributed by atoms with Crippen LogP contribution < -0.4 is 0 Å². The summed E-state index contributed by atoms with van der Waals surface area (Å²) in [6, 6.07) is 0. The monoisotopic (exact) mass is 440 g/mol. The van der Waals surface area contributed by atoms with E-state index < -0.39 is 30.2 Å². The average molecular weight is 441 g/mol. The van der Waals surface area contributed by atoms with Gasteiger partial charge in [-0.25, -0.2) is 0 Å². The van der Waals surface area contributed by atoms with E-state index >= 15 is 0 Å². The van der Waals surface area contributed by atoms with Crippen molar-refractivity contribution >= 4 is 0 Å². The number of fused-ring (bicyclic) bond motifs is 1. The lowest BCUT2D eigenvalue weighted by atomic mass is 9.45. The molecule has 0 spiro atoms. The highest BCUT2D eigenvalue weighted by atomic mass is 16.7. The van der Waals surface area contributed by atoms with Crippen LogP contribution in [0.25, 0.3) is 0 Å². The summed E-state index contributed by atoms with van der Waals surface area (Å²) in [7, 11) is 0. The molecule has 0 aromatic heterocycles. The van der Waals surface area contributed by atoms with E-state index in [0.717, 1.165) is 32.1 Å². The Morgan fingerprint density at radius 3 is 2.45 bits per heavy atom. The molecule has 3 fully saturated rings. The zero-order valence-corrected chi connectivity index (χ0v) is 20.0. The number of hydrogen-bond donors (Lipinski definition) is 4. The molecular formula is C25H44O6. The molecule has 6 heteroatoms. The van der Waals surface area contributed by atoms with Crippen molar-refractivity contribution < 1.29 is 29.9 Å². The van der Waals surface area contributed by atoms with Gasteiger partial charge in [-0.15, -0.1) is 0 Å². The van der Waals surface area contributed by atoms with Crippen LogP contribution in [0.1, 0.15) is 79.6 Å². The summed E-state index contributed by atoms with van der Waals surface area (Å²) in [6.07, 6.45) is 4.65. The molecule has 0 aromatic carbocycles. The number of rotatable bonds is 6. The van der Waals surface area contributed by atoms with Gasteiger partial charge in [-0.3, -0.25) is 0 Å². The second-order valence-corrected chi connectivity index (χ2v) is 11.4. The summed E-state index contributed by atoms with van der Waals surface area (Å²) in [5.41, 5.74) is 1.06. The average Bonchev–Trinajstić information content (AvgIpc) is 2.67. The first-order chi connectivity index (χ1) is 14.4. The van der Waals surface area contributed by atoms with Crippen molar-refractivity contribution in [1.82, 2.24) is 0 Å². The minimum absolute atomic E-state index is 0.0467. The summed E-state index contributed by atoms with van der Waals surface area (Å²) >= 11 is 0. The van der Waals surface area contributed by atoms with Gasteiger partial charge in [0.15, 0.2) is 6.29 Å². The van der Waals surface area contributed by atoms with Crippen molar-refractivity contribution in [3.8, 4) is 0 Å². The smallest absolute Gasteiger partial charge is 0.186 e. The molecule has 1 heterocycles. The highest BCUT2D eigenvalue weighted by Gasteiger charge is 2.59. The number of aliphatic hydroxyl groups is 4. The summed E-state index contributed by atoms with van der Waals surface area (Å²) in [4.78, 5) is 0. The van der Waals surface area contributed by atoms with Gasteiger partial charge >= 0.3 is 0 Å². The Morgan fingerprint density at radius 2 is 1.77 bits per heavy atom. The van der Waals surface area contributed by atoms with Crippen molar-refractivity contribution in [3.63, 3.8) is 0 Å². The predicted octanol–water partition coefficient (Wildman–Crippen LogP) is 3.16. The molecule has 3 rings (SSSR count). The first kappa shape index (κ1) is 25.1. The molecule has 8 atom stereocenters. The molecule has 1 saturated heterocycles. The summed E-state index contributed by atoms with van der Waals surface area (Å²) in [5, 5.41) is 39.8. The van der Waals surface area contributed by atoms with Crippen molar-refractivity contribution in [2.75, 3.05) is 13.2 Å². The van der Waals surface area contributed by atoms with Crippen LogP contribution in [-0.4, -0.2) is 63.8 Å². The highest BCUT2D eigenvalue weighted by molar-refractivity contribution is 5.10. The minimum atomic E-state index is -1.27. The van der Waals surface area contributed by atoms with Crippen LogP contribution in [0.3, 0.4) is 0 Å². The maximum absolute atomic E-state index is 10.5. The van der Waals surface area contributed by atoms with E-state index in [1.54, 1.807) is 0 Å². The van der Waals surface area contributed by atoms with Crippen LogP contribution in [0.15, 0.2) is 11.6 Å². The van der Waals surface area contributed by atoms with Crippen LogP contribution >= 0.6 is 0 Å². The van der Waals surface area contributed by atoms with Crippen molar-refractivity contribution in [1.29, 1.82) is 0 Å². The third kappa shape index (κ3) is 4.90. The topological polar surface area (TPSA) is 99.4 Å². The van der Waals surface area contributed by atoms with E-state index in [2.05, 4.69) is 34.6 Å². The van der Waals surface area contributed by atoms with Gasteiger partial charge in [0.1, 0.15) is 18.3 Å². The maximum Gasteiger partial charge on any atom is 0.186 e. The van der Waals surface area contributed by atoms with Crippen molar-refractivity contribution in [2.45, 2.75) is 110 Å². The largest absolute Gasteiger partial charge is 0.392 e. The number of allylic oxidation sites excluding steroid dienone is 1. The van der Waals surface area contributed by atoms with E-state index in [0.29, 0.717) is 5.92 Å². The fraction of sp³-hybridized carbons (Fsp3) is 0.920. The van der Waals surface area contributed by atoms with Gasteiger partial charge in [-0.2, -0.15) is 0 Å². The summed E-state index contributed by atoms with van der Waals surface area (Å²) in [5.74, 6) is 0.849. The first-order valence-electron chi connectivity index (χ1n) is 12.0. The Bertz CT molecular complexity index is 648. The van der Waals surface area contributed by atoms with Crippen LogP contribution in [0.2, 0.25) is 0 Å². The Morgan fingerprint density at radius 1 is 1.06 bits per heavy atom. The third-order valence-corrected chi connectivity index (χ3v) is 8.85. The molecule has 0 amide bonds. The van der Waals surface area contributed by atoms with E-state index in [4.69, 9.17) is 9.47 Å². The Balaban J connectivity index is 1.89. The molecule has 4 N–H and O–H groups in total. The van der Waals surface area contributed by atoms with E-state index in [-0.39, 0.29) is 30.0 Å². The Hall–Kier alpha value is -0.500. The molecule has 0 bridgehead atoms. The van der Waals surface area contributed by atoms with E-state index in [1.165, 1.54) is 18.4 Å². The normalized spacial score (nSPS) is 45.9. The van der Waals surface area contributed by atoms with Gasteiger partial charge in [0.05, 0.1) is 18.8 Å². The molecule has 6 nitrogen and oxygen atoms in total. The van der Waals surface area contributed by atoms with Gasteiger partial charge in [0, 0.05) is 0 Å². The zero-order valence-electron chi connectivity index (χ0n) is 20.0. The quantitative estimate of drug-likeness (QED) is 0.374. The lowest BCUT2D eigenvalue weighted by Gasteiger charge is -2.63. The number of ether oxygens (including phenoxy) is 2. The van der Waals surface area contributed by atoms with Crippen LogP contribution in [0, 0.1) is 22.7 Å². The molecule has 2 saturated carbocycles. The van der Waals surface area contributed by atoms with Gasteiger partial charge in [0.25, 0.3) is 0 Å². The summed E-state index contributed by atoms with van der Waals surface area (Å²) in [6.45, 7) is 11.4. The maximum atomic E-state index is 10.5. The number of aliphatic hydroxyl groups excluding tert-OH is 4. The van der Waals surface area contributed by atoms with E-state index in [1.807, 2.05) is 6.08 Å². The van der Waals surface area contributed by atoms with Gasteiger partial charge < -0.3 is 29.9 Å². The fourth-order valence-electron chi connectivity index (χ4n) is 7.16. The third-order valence-electron chi connectivity index (χ3n) is 8.85. The molecule has 0 unspecified atom stereocenters. The van der Waals surface area contributed by atoms with Crippen molar-refractivity contribution in [2.24, 2.45) is 22.7 Å². The summed E-state index contributed by atoms with van der Waals surface area (Å²) < 4.78 is 12.2. The molecule has 0 aromatic rings. The second kappa shape index (κ2) is 9.40. The molecule has 2 aliphatic carbocycles. The SMILES string of the molecule is C/C(=C\CO)CC[C@@H]1[C@@]2(C)CCCC(C)(C)[C@@H]2CC[C@@]1(C)O[C@@H]1OC[C@H](O)[C@H](O)[C@H]1O. The first-order valence-corrected chi connectivity index (χ1v) is 12.0. The van der Waals surface area contributed by atoms with Gasteiger partial charge in [-0.05, 0) is 75.0 Å². The molecule has 0 radical (unpaired) electrons. The van der Waals surface area contributed by atoms with Crippen molar-refractivity contribution in [3.05, 3.63) is 11.6 Å². The lowest BCUT2D eigenvalue weighted by molar-refractivity contribution is -0.323. The standard InChI is InChI=1S/C25H44O6/c1-16(10-14-26)7-8-19-24(4)12-6-11-23(2,3)18(24)9-13-25(19,5)31-22-21(29)20(28)17(27)15-30-22/h10,17-22,26-29H,6-9,11-15H2,1-5H3/b16-10+/t17-,18-,19+,20-,21+,22-,24-,25+/m0/s1. The fourth-order valence-corrected chi connectivity index (χ4v) is 7.16. The van der Waals surface area contributed by atoms with Crippen LogP contribution in [0.4, 0.5) is 0 Å². The lowest BCUT2D eigenvalue weighted by Crippen LogP contribution is -2.62. The molecular weight excluding hydrogens is 396 g/mol.